The molecule has 0 aromatic rings. The van der Waals surface area contributed by atoms with Gasteiger partial charge in [0.1, 0.15) is 0 Å². The van der Waals surface area contributed by atoms with E-state index in [0.29, 0.717) is 0 Å². The Balaban J connectivity index is -0.0000000164. The van der Waals surface area contributed by atoms with E-state index in [9.17, 15) is 0 Å². The number of carbonyl (C=O) groups is 9. The van der Waals surface area contributed by atoms with Crippen molar-refractivity contribution in [1.29, 1.82) is 0 Å². The van der Waals surface area contributed by atoms with E-state index in [1.807, 2.05) is 0 Å². The van der Waals surface area contributed by atoms with Crippen molar-refractivity contribution in [2.75, 3.05) is 0 Å². The Morgan fingerprint density at radius 2 is 0.244 bits per heavy atom. The fourth-order valence-electron chi connectivity index (χ4n) is 0. The van der Waals surface area contributed by atoms with Gasteiger partial charge >= 0.3 is 136 Å². The quantitative estimate of drug-likeness (QED) is 0.203. The van der Waals surface area contributed by atoms with Crippen LogP contribution < -0.4 is 97.3 Å². The van der Waals surface area contributed by atoms with Crippen LogP contribution in [-0.2, 0) is 127 Å². The molecule has 0 aromatic heterocycles. The van der Waals surface area contributed by atoms with E-state index in [1.54, 1.807) is 0 Å². The number of hydrogen-bond donors (Lipinski definition) is 0. The Morgan fingerprint density at radius 3 is 0.244 bits per heavy atom. The van der Waals surface area contributed by atoms with Crippen molar-refractivity contribution in [3.8, 4) is 0 Å². The summed E-state index contributed by atoms with van der Waals surface area (Å²) < 4.78 is 0. The number of carboxylic acid groups (broad SMARTS) is 9. The molecule has 0 saturated carbocycles. The third-order valence-electron chi connectivity index (χ3n) is 0. The Bertz CT molecular complexity index is 440. The van der Waals surface area contributed by atoms with Gasteiger partial charge < -0.3 is 89.1 Å². The molecule has 18 nitrogen and oxygen atoms in total. The molecule has 0 saturated heterocycles. The van der Waals surface area contributed by atoms with E-state index in [1.165, 1.54) is 0 Å². The van der Waals surface area contributed by atoms with Crippen LogP contribution in [0.2, 0.25) is 0 Å². The van der Waals surface area contributed by atoms with Gasteiger partial charge in [0.25, 0.3) is 0 Å². The van der Waals surface area contributed by atoms with E-state index in [4.69, 9.17) is 89.1 Å². The zero-order chi connectivity index (χ0) is 32.2. The summed E-state index contributed by atoms with van der Waals surface area (Å²) in [6.07, 6.45) is 0. The first-order valence-corrected chi connectivity index (χ1v) is 8.17. The fourth-order valence-corrected chi connectivity index (χ4v) is 0. The van der Waals surface area contributed by atoms with E-state index < -0.39 is 53.7 Å². The van der Waals surface area contributed by atoms with Gasteiger partial charge in [-0.3, -0.25) is 0 Å². The number of rotatable bonds is 0. The maximum atomic E-state index is 8.89. The minimum absolute atomic E-state index is 0. The number of carboxylic acids is 9. The molecule has 0 spiro atoms. The van der Waals surface area contributed by atoms with Gasteiger partial charge in [-0.15, -0.1) is 0 Å². The molecule has 23 heteroatoms. The van der Waals surface area contributed by atoms with Crippen LogP contribution in [0.15, 0.2) is 0 Å². The Labute approximate surface area is 336 Å². The van der Waals surface area contributed by atoms with Crippen molar-refractivity contribution in [2.45, 2.75) is 62.3 Å². The standard InChI is InChI=1S/9C2H4O2.K.4Pt/c9*1-2(3)4;;;;;/h9*1H3,(H,3,4);;;;;/q;;;;;;;;;+1;4*+2/p-9. The summed E-state index contributed by atoms with van der Waals surface area (Å²) in [6, 6.07) is 0. The molecule has 0 amide bonds. The minimum Gasteiger partial charge on any atom is -0.550 e. The molecule has 0 bridgehead atoms. The molecule has 41 heavy (non-hydrogen) atoms. The van der Waals surface area contributed by atoms with Crippen molar-refractivity contribution >= 4 is 53.7 Å². The molecule has 0 atom stereocenters. The van der Waals surface area contributed by atoms with Crippen LogP contribution in [0, 0.1) is 0 Å². The van der Waals surface area contributed by atoms with Crippen molar-refractivity contribution < 1.29 is 225 Å². The summed E-state index contributed by atoms with van der Waals surface area (Å²) in [4.78, 5) is 80.0. The molecule has 0 unspecified atom stereocenters. The second-order valence-corrected chi connectivity index (χ2v) is 4.42. The Morgan fingerprint density at radius 1 is 0.244 bits per heavy atom. The van der Waals surface area contributed by atoms with Gasteiger partial charge in [0.05, 0.1) is 0 Å². The average Bonchev–Trinajstić information content (AvgIpc) is 2.39. The maximum Gasteiger partial charge on any atom is 2.00 e. The summed E-state index contributed by atoms with van der Waals surface area (Å²) in [5.74, 6) is -9.75. The summed E-state index contributed by atoms with van der Waals surface area (Å²) in [5, 5.41) is 80.0. The van der Waals surface area contributed by atoms with Crippen molar-refractivity contribution in [3.63, 3.8) is 0 Å². The van der Waals surface area contributed by atoms with Crippen LogP contribution in [0.4, 0.5) is 0 Å². The summed E-state index contributed by atoms with van der Waals surface area (Å²) in [6.45, 7) is 8.75. The van der Waals surface area contributed by atoms with E-state index in [0.717, 1.165) is 62.3 Å². The predicted octanol–water partition coefficient (Wildman–Crippen LogP) is -14.2. The normalized spacial score (nSPS) is 5.49. The Kier molecular flexibility index (Phi) is 183. The largest absolute Gasteiger partial charge is 2.00 e. The van der Waals surface area contributed by atoms with Gasteiger partial charge in [0.15, 0.2) is 0 Å². The van der Waals surface area contributed by atoms with Crippen LogP contribution in [0.25, 0.3) is 0 Å². The molecular weight excluding hydrogens is 1320 g/mol. The molecule has 0 N–H and O–H groups in total. The van der Waals surface area contributed by atoms with Gasteiger partial charge in [-0.1, -0.05) is 0 Å². The Hall–Kier alpha value is -0.380. The topological polar surface area (TPSA) is 361 Å². The molecule has 0 aromatic carbocycles. The zero-order valence-corrected chi connectivity index (χ0v) is 35.3. The monoisotopic (exact) mass is 1350 g/mol. The second-order valence-electron chi connectivity index (χ2n) is 4.42. The van der Waals surface area contributed by atoms with Crippen LogP contribution >= 0.6 is 0 Å². The molecule has 0 radical (unpaired) electrons. The third kappa shape index (κ3) is 388000. The van der Waals surface area contributed by atoms with Crippen LogP contribution in [0.5, 0.6) is 0 Å². The first-order valence-electron chi connectivity index (χ1n) is 8.17. The van der Waals surface area contributed by atoms with Crippen molar-refractivity contribution in [2.24, 2.45) is 0 Å². The van der Waals surface area contributed by atoms with Gasteiger partial charge in [0, 0.05) is 53.7 Å². The third-order valence-corrected chi connectivity index (χ3v) is 0. The molecular formula is C18H27KO18Pt4. The SMILES string of the molecule is CC(=O)[O-].CC(=O)[O-].CC(=O)[O-].CC(=O)[O-].CC(=O)[O-].CC(=O)[O-].CC(=O)[O-].CC(=O)[O-].CC(=O)[O-].[K+].[Pt+2].[Pt+2].[Pt+2].[Pt+2]. The zero-order valence-electron chi connectivity index (χ0n) is 23.1. The molecule has 0 fully saturated rings. The number of hydrogen-bond acceptors (Lipinski definition) is 18. The average molecular weight is 1350 g/mol. The second kappa shape index (κ2) is 83.4. The van der Waals surface area contributed by atoms with E-state index >= 15 is 0 Å². The molecule has 0 aliphatic rings. The van der Waals surface area contributed by atoms with Gasteiger partial charge in [-0.25, -0.2) is 0 Å². The summed E-state index contributed by atoms with van der Waals surface area (Å²) in [5.41, 5.74) is 0. The number of aliphatic carboxylic acids is 9. The smallest absolute Gasteiger partial charge is 0.550 e. The van der Waals surface area contributed by atoms with Gasteiger partial charge in [-0.2, -0.15) is 0 Å². The van der Waals surface area contributed by atoms with Crippen LogP contribution in [-0.4, -0.2) is 53.7 Å². The van der Waals surface area contributed by atoms with E-state index in [2.05, 4.69) is 0 Å². The molecule has 0 aliphatic carbocycles. The molecule has 248 valence electrons. The minimum atomic E-state index is -1.08. The maximum absolute atomic E-state index is 8.89. The predicted molar refractivity (Wildman–Crippen MR) is 96.1 cm³/mol. The fraction of sp³-hybridized carbons (Fsp3) is 0.500. The van der Waals surface area contributed by atoms with Crippen LogP contribution in [0.3, 0.4) is 0 Å². The van der Waals surface area contributed by atoms with Gasteiger partial charge in [-0.05, 0) is 62.3 Å². The van der Waals surface area contributed by atoms with Gasteiger partial charge in [0.2, 0.25) is 0 Å². The van der Waals surface area contributed by atoms with Crippen LogP contribution in [0.1, 0.15) is 62.3 Å². The molecule has 0 heterocycles. The molecule has 0 aliphatic heterocycles. The van der Waals surface area contributed by atoms with Crippen molar-refractivity contribution in [3.05, 3.63) is 0 Å². The first kappa shape index (κ1) is 90.0. The first-order chi connectivity index (χ1) is 15.6. The number of carbonyl (C=O) groups excluding carboxylic acids is 9. The summed E-state index contributed by atoms with van der Waals surface area (Å²) >= 11 is 0. The van der Waals surface area contributed by atoms with Crippen molar-refractivity contribution in [1.82, 2.24) is 0 Å². The molecule has 0 rings (SSSR count). The summed E-state index contributed by atoms with van der Waals surface area (Å²) in [7, 11) is 0. The van der Waals surface area contributed by atoms with E-state index in [-0.39, 0.29) is 136 Å².